The third kappa shape index (κ3) is 4.00. The minimum Gasteiger partial charge on any atom is -0.334 e. The molecule has 4 heteroatoms. The molecule has 88 valence electrons. The summed E-state index contributed by atoms with van der Waals surface area (Å²) in [6.45, 7) is 8.15. The summed E-state index contributed by atoms with van der Waals surface area (Å²) in [7, 11) is 3.52. The van der Waals surface area contributed by atoms with E-state index in [-0.39, 0.29) is 11.5 Å². The molecule has 0 fully saturated rings. The van der Waals surface area contributed by atoms with Gasteiger partial charge < -0.3 is 10.2 Å². The number of ketones is 1. The fourth-order valence-electron chi connectivity index (χ4n) is 1.61. The maximum absolute atomic E-state index is 11.6. The van der Waals surface area contributed by atoms with E-state index >= 15 is 0 Å². The monoisotopic (exact) mass is 214 g/mol. The van der Waals surface area contributed by atoms with E-state index in [0.717, 1.165) is 0 Å². The molecule has 0 aromatic carbocycles. The predicted molar refractivity (Wildman–Crippen MR) is 60.6 cm³/mol. The minimum atomic E-state index is -0.426. The normalized spacial score (nSPS) is 13.5. The molecular formula is C11H22N2O2. The number of nitrogens with zero attached hydrogens (tertiary/aromatic N) is 1. The zero-order chi connectivity index (χ0) is 12.2. The second-order valence-corrected chi connectivity index (χ2v) is 4.91. The van der Waals surface area contributed by atoms with Crippen molar-refractivity contribution in [2.24, 2.45) is 5.41 Å². The van der Waals surface area contributed by atoms with Gasteiger partial charge in [-0.05, 0) is 12.5 Å². The molecule has 1 atom stereocenters. The predicted octanol–water partition coefficient (Wildman–Crippen LogP) is 0.668. The van der Waals surface area contributed by atoms with Crippen LogP contribution in [0.15, 0.2) is 0 Å². The van der Waals surface area contributed by atoms with Crippen LogP contribution in [-0.4, -0.2) is 43.3 Å². The number of carbonyl (C=O) groups excluding carboxylic acids is 2. The van der Waals surface area contributed by atoms with E-state index in [1.54, 1.807) is 7.05 Å². The van der Waals surface area contributed by atoms with Crippen molar-refractivity contribution in [2.45, 2.75) is 33.7 Å². The van der Waals surface area contributed by atoms with Gasteiger partial charge in [0.15, 0.2) is 0 Å². The molecule has 1 N–H and O–H groups in total. The van der Waals surface area contributed by atoms with Gasteiger partial charge in [0, 0.05) is 26.6 Å². The smallest absolute Gasteiger partial charge is 0.289 e. The van der Waals surface area contributed by atoms with Gasteiger partial charge in [-0.25, -0.2) is 0 Å². The van der Waals surface area contributed by atoms with E-state index in [0.29, 0.717) is 6.54 Å². The van der Waals surface area contributed by atoms with Crippen LogP contribution in [0.1, 0.15) is 27.7 Å². The Balaban J connectivity index is 4.78. The average molecular weight is 214 g/mol. The Morgan fingerprint density at radius 3 is 2.07 bits per heavy atom. The maximum Gasteiger partial charge on any atom is 0.289 e. The van der Waals surface area contributed by atoms with Crippen molar-refractivity contribution in [2.75, 3.05) is 20.6 Å². The summed E-state index contributed by atoms with van der Waals surface area (Å²) >= 11 is 0. The lowest BCUT2D eigenvalue weighted by atomic mass is 9.85. The first-order valence-corrected chi connectivity index (χ1v) is 5.14. The van der Waals surface area contributed by atoms with Gasteiger partial charge in [-0.2, -0.15) is 0 Å². The first-order chi connectivity index (χ1) is 6.71. The number of nitrogens with one attached hydrogen (secondary N) is 1. The van der Waals surface area contributed by atoms with Crippen LogP contribution in [0.25, 0.3) is 0 Å². The highest BCUT2D eigenvalue weighted by Gasteiger charge is 2.31. The first-order valence-electron chi connectivity index (χ1n) is 5.14. The molecule has 1 amide bonds. The summed E-state index contributed by atoms with van der Waals surface area (Å²) in [5.41, 5.74) is -0.0527. The zero-order valence-electron chi connectivity index (χ0n) is 10.5. The lowest BCUT2D eigenvalue weighted by molar-refractivity contribution is -0.145. The molecule has 0 bridgehead atoms. The van der Waals surface area contributed by atoms with E-state index in [1.165, 1.54) is 11.8 Å². The summed E-state index contributed by atoms with van der Waals surface area (Å²) in [5.74, 6) is -0.840. The van der Waals surface area contributed by atoms with Crippen LogP contribution < -0.4 is 5.32 Å². The molecule has 0 radical (unpaired) electrons. The van der Waals surface area contributed by atoms with Gasteiger partial charge in [-0.15, -0.1) is 0 Å². The summed E-state index contributed by atoms with van der Waals surface area (Å²) < 4.78 is 0. The van der Waals surface area contributed by atoms with Gasteiger partial charge in [-0.3, -0.25) is 9.59 Å². The van der Waals surface area contributed by atoms with Crippen molar-refractivity contribution in [3.8, 4) is 0 Å². The highest BCUT2D eigenvalue weighted by atomic mass is 16.2. The Morgan fingerprint density at radius 2 is 1.80 bits per heavy atom. The Labute approximate surface area is 92.0 Å². The molecule has 1 unspecified atom stereocenters. The molecule has 0 aromatic rings. The number of likely N-dealkylation sites (N-methyl/N-ethyl adjacent to an activating group) is 2. The number of rotatable bonds is 4. The van der Waals surface area contributed by atoms with Crippen molar-refractivity contribution in [3.63, 3.8) is 0 Å². The number of Topliss-reactive ketones (excluding diaryl/α,β-unsaturated/α-hetero) is 1. The Bertz CT molecular complexity index is 243. The lowest BCUT2D eigenvalue weighted by Gasteiger charge is -2.37. The number of amides is 1. The highest BCUT2D eigenvalue weighted by molar-refractivity contribution is 6.35. The van der Waals surface area contributed by atoms with Gasteiger partial charge in [0.1, 0.15) is 0 Å². The van der Waals surface area contributed by atoms with Crippen LogP contribution in [-0.2, 0) is 9.59 Å². The van der Waals surface area contributed by atoms with Crippen LogP contribution in [0.5, 0.6) is 0 Å². The van der Waals surface area contributed by atoms with Crippen molar-refractivity contribution in [3.05, 3.63) is 0 Å². The summed E-state index contributed by atoms with van der Waals surface area (Å²) in [6, 6.07) is 0.0129. The fourth-order valence-corrected chi connectivity index (χ4v) is 1.61. The molecule has 4 nitrogen and oxygen atoms in total. The molecule has 0 rings (SSSR count). The quantitative estimate of drug-likeness (QED) is 0.700. The van der Waals surface area contributed by atoms with Gasteiger partial charge in [-0.1, -0.05) is 20.8 Å². The minimum absolute atomic E-state index is 0.0129. The Hall–Kier alpha value is -0.900. The van der Waals surface area contributed by atoms with Gasteiger partial charge in [0.2, 0.25) is 5.78 Å². The van der Waals surface area contributed by atoms with E-state index in [2.05, 4.69) is 26.1 Å². The molecule has 0 heterocycles. The molecular weight excluding hydrogens is 192 g/mol. The van der Waals surface area contributed by atoms with Crippen LogP contribution in [0.2, 0.25) is 0 Å². The van der Waals surface area contributed by atoms with Crippen molar-refractivity contribution < 1.29 is 9.59 Å². The fraction of sp³-hybridized carbons (Fsp3) is 0.818. The number of hydrogen-bond acceptors (Lipinski definition) is 3. The molecule has 0 aliphatic carbocycles. The van der Waals surface area contributed by atoms with E-state index < -0.39 is 11.7 Å². The van der Waals surface area contributed by atoms with Crippen LogP contribution in [0.4, 0.5) is 0 Å². The maximum atomic E-state index is 11.6. The van der Waals surface area contributed by atoms with Crippen molar-refractivity contribution in [1.29, 1.82) is 0 Å². The standard InChI is InChI=1S/C11H22N2O2/c1-8(14)10(15)13(6)9(7-12-5)11(2,3)4/h9,12H,7H2,1-6H3. The first kappa shape index (κ1) is 14.1. The van der Waals surface area contributed by atoms with Gasteiger partial charge >= 0.3 is 0 Å². The number of carbonyl (C=O) groups is 2. The molecule has 0 aliphatic heterocycles. The Morgan fingerprint density at radius 1 is 1.33 bits per heavy atom. The second-order valence-electron chi connectivity index (χ2n) is 4.91. The molecule has 0 saturated heterocycles. The second kappa shape index (κ2) is 5.26. The zero-order valence-corrected chi connectivity index (χ0v) is 10.5. The van der Waals surface area contributed by atoms with Crippen molar-refractivity contribution >= 4 is 11.7 Å². The van der Waals surface area contributed by atoms with Crippen LogP contribution in [0, 0.1) is 5.41 Å². The summed E-state index contributed by atoms with van der Waals surface area (Å²) in [4.78, 5) is 24.1. The van der Waals surface area contributed by atoms with E-state index in [4.69, 9.17) is 0 Å². The van der Waals surface area contributed by atoms with Gasteiger partial charge in [0.05, 0.1) is 0 Å². The highest BCUT2D eigenvalue weighted by Crippen LogP contribution is 2.23. The number of hydrogen-bond donors (Lipinski definition) is 1. The van der Waals surface area contributed by atoms with E-state index in [9.17, 15) is 9.59 Å². The van der Waals surface area contributed by atoms with Crippen LogP contribution >= 0.6 is 0 Å². The molecule has 0 aromatic heterocycles. The average Bonchev–Trinajstić information content (AvgIpc) is 2.09. The molecule has 0 saturated carbocycles. The van der Waals surface area contributed by atoms with Gasteiger partial charge in [0.25, 0.3) is 5.91 Å². The lowest BCUT2D eigenvalue weighted by Crippen LogP contribution is -2.51. The summed E-state index contributed by atoms with van der Waals surface area (Å²) in [6.07, 6.45) is 0. The third-order valence-electron chi connectivity index (χ3n) is 2.49. The molecule has 0 spiro atoms. The Kier molecular flexibility index (Phi) is 4.94. The third-order valence-corrected chi connectivity index (χ3v) is 2.49. The van der Waals surface area contributed by atoms with Crippen molar-refractivity contribution in [1.82, 2.24) is 10.2 Å². The topological polar surface area (TPSA) is 49.4 Å². The molecule has 0 aliphatic rings. The SMILES string of the molecule is CNCC(N(C)C(=O)C(C)=O)C(C)(C)C. The van der Waals surface area contributed by atoms with E-state index in [1.807, 2.05) is 7.05 Å². The van der Waals surface area contributed by atoms with Crippen LogP contribution in [0.3, 0.4) is 0 Å². The summed E-state index contributed by atoms with van der Waals surface area (Å²) in [5, 5.41) is 3.04. The largest absolute Gasteiger partial charge is 0.334 e. The molecule has 15 heavy (non-hydrogen) atoms.